The Morgan fingerprint density at radius 2 is 2.28 bits per heavy atom. The van der Waals surface area contributed by atoms with Crippen LogP contribution in [0.3, 0.4) is 0 Å². The molecular formula is C15H23NO2. The molecule has 0 amide bonds. The zero-order valence-corrected chi connectivity index (χ0v) is 11.3. The molecule has 1 aliphatic heterocycles. The van der Waals surface area contributed by atoms with Crippen LogP contribution in [0.25, 0.3) is 0 Å². The number of hydrogen-bond acceptors (Lipinski definition) is 3. The Morgan fingerprint density at radius 1 is 1.44 bits per heavy atom. The quantitative estimate of drug-likeness (QED) is 0.839. The highest BCUT2D eigenvalue weighted by atomic mass is 16.5. The Hall–Kier alpha value is -0.900. The molecule has 100 valence electrons. The lowest BCUT2D eigenvalue weighted by molar-refractivity contribution is 0.178. The van der Waals surface area contributed by atoms with E-state index in [9.17, 15) is 0 Å². The molecule has 1 aliphatic rings. The van der Waals surface area contributed by atoms with E-state index in [4.69, 9.17) is 9.47 Å². The monoisotopic (exact) mass is 249 g/mol. The van der Waals surface area contributed by atoms with Crippen LogP contribution in [0.1, 0.15) is 24.5 Å². The molecule has 3 nitrogen and oxygen atoms in total. The Bertz CT molecular complexity index is 361. The van der Waals surface area contributed by atoms with Crippen LogP contribution in [0.5, 0.6) is 0 Å². The predicted octanol–water partition coefficient (Wildman–Crippen LogP) is 2.35. The highest BCUT2D eigenvalue weighted by molar-refractivity contribution is 5.22. The number of benzene rings is 1. The van der Waals surface area contributed by atoms with Crippen LogP contribution >= 0.6 is 0 Å². The van der Waals surface area contributed by atoms with Gasteiger partial charge in [0.2, 0.25) is 0 Å². The molecule has 0 radical (unpaired) electrons. The van der Waals surface area contributed by atoms with E-state index in [1.165, 1.54) is 17.5 Å². The minimum atomic E-state index is 0.513. The summed E-state index contributed by atoms with van der Waals surface area (Å²) in [6, 6.07) is 9.06. The number of hydrogen-bond donors (Lipinski definition) is 1. The first-order valence-corrected chi connectivity index (χ1v) is 6.67. The van der Waals surface area contributed by atoms with Gasteiger partial charge in [0.25, 0.3) is 0 Å². The first-order chi connectivity index (χ1) is 8.79. The maximum absolute atomic E-state index is 5.42. The van der Waals surface area contributed by atoms with E-state index < -0.39 is 0 Å². The van der Waals surface area contributed by atoms with Crippen molar-refractivity contribution in [2.75, 3.05) is 20.3 Å². The molecule has 0 aliphatic carbocycles. The lowest BCUT2D eigenvalue weighted by Gasteiger charge is -2.19. The molecule has 1 aromatic rings. The first kappa shape index (κ1) is 13.5. The van der Waals surface area contributed by atoms with E-state index in [0.717, 1.165) is 19.8 Å². The van der Waals surface area contributed by atoms with Crippen LogP contribution in [0, 0.1) is 5.92 Å². The molecule has 1 aromatic carbocycles. The summed E-state index contributed by atoms with van der Waals surface area (Å²) >= 11 is 0. The van der Waals surface area contributed by atoms with Crippen molar-refractivity contribution < 1.29 is 9.47 Å². The third kappa shape index (κ3) is 3.80. The van der Waals surface area contributed by atoms with Gasteiger partial charge in [-0.25, -0.2) is 0 Å². The highest BCUT2D eigenvalue weighted by Gasteiger charge is 2.21. The molecule has 0 aromatic heterocycles. The van der Waals surface area contributed by atoms with Gasteiger partial charge in [-0.2, -0.15) is 0 Å². The van der Waals surface area contributed by atoms with E-state index >= 15 is 0 Å². The normalized spacial score (nSPS) is 21.1. The van der Waals surface area contributed by atoms with Crippen LogP contribution in [-0.4, -0.2) is 26.4 Å². The van der Waals surface area contributed by atoms with Gasteiger partial charge in [0.05, 0.1) is 13.2 Å². The zero-order valence-electron chi connectivity index (χ0n) is 11.3. The van der Waals surface area contributed by atoms with Crippen molar-refractivity contribution in [2.24, 2.45) is 5.92 Å². The van der Waals surface area contributed by atoms with Crippen LogP contribution in [0.15, 0.2) is 24.3 Å². The van der Waals surface area contributed by atoms with Gasteiger partial charge >= 0.3 is 0 Å². The molecule has 2 unspecified atom stereocenters. The summed E-state index contributed by atoms with van der Waals surface area (Å²) in [7, 11) is 1.73. The smallest absolute Gasteiger partial charge is 0.0713 e. The second kappa shape index (κ2) is 6.88. The van der Waals surface area contributed by atoms with Crippen molar-refractivity contribution in [3.63, 3.8) is 0 Å². The Kier molecular flexibility index (Phi) is 5.17. The highest BCUT2D eigenvalue weighted by Crippen LogP contribution is 2.17. The standard InChI is InChI=1S/C15H23NO2/c1-12(15-6-7-18-11-15)16-9-13-4-3-5-14(8-13)10-17-2/h3-5,8,12,15-16H,6-7,9-11H2,1-2H3. The van der Waals surface area contributed by atoms with E-state index in [1.807, 2.05) is 0 Å². The second-order valence-corrected chi connectivity index (χ2v) is 5.05. The topological polar surface area (TPSA) is 30.5 Å². The lowest BCUT2D eigenvalue weighted by Crippen LogP contribution is -2.33. The largest absolute Gasteiger partial charge is 0.381 e. The van der Waals surface area contributed by atoms with Crippen molar-refractivity contribution in [1.29, 1.82) is 0 Å². The van der Waals surface area contributed by atoms with Crippen LogP contribution in [0.2, 0.25) is 0 Å². The van der Waals surface area contributed by atoms with Gasteiger partial charge in [0, 0.05) is 26.3 Å². The molecule has 3 heteroatoms. The molecule has 18 heavy (non-hydrogen) atoms. The molecule has 1 heterocycles. The van der Waals surface area contributed by atoms with Gasteiger partial charge in [-0.05, 0) is 30.4 Å². The van der Waals surface area contributed by atoms with Gasteiger partial charge < -0.3 is 14.8 Å². The van der Waals surface area contributed by atoms with Crippen molar-refractivity contribution in [3.05, 3.63) is 35.4 Å². The summed E-state index contributed by atoms with van der Waals surface area (Å²) in [5.41, 5.74) is 2.55. The minimum Gasteiger partial charge on any atom is -0.381 e. The summed E-state index contributed by atoms with van der Waals surface area (Å²) in [6.07, 6.45) is 1.18. The summed E-state index contributed by atoms with van der Waals surface area (Å²) < 4.78 is 10.6. The fourth-order valence-electron chi connectivity index (χ4n) is 2.39. The Morgan fingerprint density at radius 3 is 3.00 bits per heavy atom. The van der Waals surface area contributed by atoms with Crippen molar-refractivity contribution >= 4 is 0 Å². The molecule has 2 rings (SSSR count). The Balaban J connectivity index is 1.83. The third-order valence-corrected chi connectivity index (χ3v) is 3.60. The SMILES string of the molecule is COCc1cccc(CNC(C)C2CCOC2)c1. The first-order valence-electron chi connectivity index (χ1n) is 6.67. The molecule has 1 N–H and O–H groups in total. The van der Waals surface area contributed by atoms with E-state index in [-0.39, 0.29) is 0 Å². The average Bonchev–Trinajstić information content (AvgIpc) is 2.91. The molecule has 0 bridgehead atoms. The fraction of sp³-hybridized carbons (Fsp3) is 0.600. The summed E-state index contributed by atoms with van der Waals surface area (Å²) in [5, 5.41) is 3.59. The molecule has 2 atom stereocenters. The summed E-state index contributed by atoms with van der Waals surface area (Å²) in [4.78, 5) is 0. The maximum Gasteiger partial charge on any atom is 0.0713 e. The van der Waals surface area contributed by atoms with Crippen molar-refractivity contribution in [3.8, 4) is 0 Å². The fourth-order valence-corrected chi connectivity index (χ4v) is 2.39. The van der Waals surface area contributed by atoms with Gasteiger partial charge in [0.15, 0.2) is 0 Å². The number of nitrogens with one attached hydrogen (secondary N) is 1. The number of ether oxygens (including phenoxy) is 2. The van der Waals surface area contributed by atoms with Crippen LogP contribution in [-0.2, 0) is 22.6 Å². The van der Waals surface area contributed by atoms with E-state index in [1.54, 1.807) is 7.11 Å². The molecular weight excluding hydrogens is 226 g/mol. The van der Waals surface area contributed by atoms with Gasteiger partial charge in [-0.1, -0.05) is 24.3 Å². The molecule has 0 saturated carbocycles. The second-order valence-electron chi connectivity index (χ2n) is 5.05. The average molecular weight is 249 g/mol. The van der Waals surface area contributed by atoms with Crippen molar-refractivity contribution in [1.82, 2.24) is 5.32 Å². The van der Waals surface area contributed by atoms with Crippen LogP contribution < -0.4 is 5.32 Å². The van der Waals surface area contributed by atoms with Crippen LogP contribution in [0.4, 0.5) is 0 Å². The van der Waals surface area contributed by atoms with Gasteiger partial charge in [0.1, 0.15) is 0 Å². The lowest BCUT2D eigenvalue weighted by atomic mass is 10.0. The molecule has 1 fully saturated rings. The third-order valence-electron chi connectivity index (χ3n) is 3.60. The van der Waals surface area contributed by atoms with Crippen molar-refractivity contribution in [2.45, 2.75) is 32.5 Å². The maximum atomic E-state index is 5.42. The van der Waals surface area contributed by atoms with E-state index in [2.05, 4.69) is 36.5 Å². The van der Waals surface area contributed by atoms with Gasteiger partial charge in [-0.15, -0.1) is 0 Å². The summed E-state index contributed by atoms with van der Waals surface area (Å²) in [6.45, 7) is 5.66. The molecule has 0 spiro atoms. The minimum absolute atomic E-state index is 0.513. The zero-order chi connectivity index (χ0) is 12.8. The Labute approximate surface area is 109 Å². The predicted molar refractivity (Wildman–Crippen MR) is 72.4 cm³/mol. The number of rotatable bonds is 6. The molecule has 1 saturated heterocycles. The van der Waals surface area contributed by atoms with Gasteiger partial charge in [-0.3, -0.25) is 0 Å². The summed E-state index contributed by atoms with van der Waals surface area (Å²) in [5.74, 6) is 0.659. The number of methoxy groups -OCH3 is 1. The van der Waals surface area contributed by atoms with E-state index in [0.29, 0.717) is 18.6 Å².